The minimum atomic E-state index is -4.13. The van der Waals surface area contributed by atoms with Crippen molar-refractivity contribution in [3.05, 3.63) is 228 Å². The summed E-state index contributed by atoms with van der Waals surface area (Å²) in [6.07, 6.45) is 14.6. The van der Waals surface area contributed by atoms with E-state index in [9.17, 15) is 61.3 Å². The molecule has 0 spiro atoms. The number of likely N-dealkylation sites (N-methyl/N-ethyl adjacent to an activating group) is 1. The summed E-state index contributed by atoms with van der Waals surface area (Å²) < 4.78 is 171. The van der Waals surface area contributed by atoms with Crippen molar-refractivity contribution < 1.29 is 78.9 Å². The summed E-state index contributed by atoms with van der Waals surface area (Å²) in [5, 5.41) is 11.5. The van der Waals surface area contributed by atoms with E-state index < -0.39 is 68.2 Å². The van der Waals surface area contributed by atoms with Gasteiger partial charge in [0.1, 0.15) is 40.5 Å². The molecule has 0 bridgehead atoms. The second kappa shape index (κ2) is 53.1. The highest BCUT2D eigenvalue weighted by molar-refractivity contribution is 7.90. The number of benzene rings is 5. The molecule has 0 unspecified atom stereocenters. The first-order valence-corrected chi connectivity index (χ1v) is 59.0. The van der Waals surface area contributed by atoms with Crippen molar-refractivity contribution in [3.8, 4) is 0 Å². The molecule has 0 saturated carbocycles. The van der Waals surface area contributed by atoms with Crippen LogP contribution in [-0.2, 0) is 116 Å². The van der Waals surface area contributed by atoms with Gasteiger partial charge in [-0.2, -0.15) is 31.7 Å². The monoisotopic (exact) mass is 2150 g/mol. The van der Waals surface area contributed by atoms with Crippen molar-refractivity contribution in [3.63, 3.8) is 0 Å². The topological polar surface area (TPSA) is 387 Å². The number of hydrogen-bond donors (Lipinski definition) is 0. The van der Waals surface area contributed by atoms with E-state index in [1.807, 2.05) is 143 Å². The van der Waals surface area contributed by atoms with Crippen molar-refractivity contribution in [2.75, 3.05) is 85.3 Å². The Labute approximate surface area is 879 Å². The van der Waals surface area contributed by atoms with E-state index >= 15 is 0 Å². The van der Waals surface area contributed by atoms with Crippen LogP contribution in [0.2, 0.25) is 0 Å². The zero-order valence-electron chi connectivity index (χ0n) is 90.1. The first-order valence-electron chi connectivity index (χ1n) is 50.5. The van der Waals surface area contributed by atoms with E-state index in [1.165, 1.54) is 72.6 Å². The number of fused-ring (bicyclic) bond motifs is 4. The smallest absolute Gasteiger partial charge is 0.244 e. The number of furan rings is 4. The molecule has 8 aromatic heterocycles. The average Bonchev–Trinajstić information content (AvgIpc) is 1.75. The number of nitrogens with zero attached hydrogens (tertiary/aromatic N) is 16. The molecule has 0 aliphatic rings. The molecular weight excluding hydrogens is 2000 g/mol. The molecule has 148 heavy (non-hydrogen) atoms. The van der Waals surface area contributed by atoms with Gasteiger partial charge < -0.3 is 41.8 Å². The summed E-state index contributed by atoms with van der Waals surface area (Å²) in [5.74, 6) is 1.12. The summed E-state index contributed by atoms with van der Waals surface area (Å²) in [6.45, 7) is 45.2. The van der Waals surface area contributed by atoms with Crippen LogP contribution in [0.1, 0.15) is 171 Å². The fourth-order valence-electron chi connectivity index (χ4n) is 17.6. The summed E-state index contributed by atoms with van der Waals surface area (Å²) >= 11 is 1.37. The fourth-order valence-corrected chi connectivity index (χ4v) is 25.0. The van der Waals surface area contributed by atoms with E-state index in [1.54, 1.807) is 146 Å². The zero-order chi connectivity index (χ0) is 109. The molecule has 0 aliphatic heterocycles. The normalized spacial score (nSPS) is 13.1. The van der Waals surface area contributed by atoms with Crippen LogP contribution < -0.4 is 0 Å². The van der Waals surface area contributed by atoms with Gasteiger partial charge in [0, 0.05) is 137 Å². The quantitative estimate of drug-likeness (QED) is 0.0342. The number of aromatic nitrogens is 7. The molecule has 5 aromatic carbocycles. The number of aryl methyl sites for hydroxylation is 4. The number of hydrogen-bond acceptors (Lipinski definition) is 23. The van der Waals surface area contributed by atoms with Gasteiger partial charge in [0.25, 0.3) is 0 Å². The Hall–Kier alpha value is -11.1. The van der Waals surface area contributed by atoms with Crippen LogP contribution in [0.3, 0.4) is 0 Å². The van der Waals surface area contributed by atoms with Crippen LogP contribution >= 0.6 is 11.3 Å². The lowest BCUT2D eigenvalue weighted by Crippen LogP contribution is -2.53. The highest BCUT2D eigenvalue weighted by atomic mass is 32.2. The van der Waals surface area contributed by atoms with Crippen LogP contribution in [0.25, 0.3) is 43.9 Å². The summed E-state index contributed by atoms with van der Waals surface area (Å²) in [5.41, 5.74) is 7.91. The van der Waals surface area contributed by atoms with Crippen LogP contribution in [0.5, 0.6) is 0 Å². The molecule has 13 aromatic rings. The average molecular weight is 2150 g/mol. The summed E-state index contributed by atoms with van der Waals surface area (Å²) in [4.78, 5) is 72.4. The van der Waals surface area contributed by atoms with E-state index in [2.05, 4.69) is 75.6 Å². The van der Waals surface area contributed by atoms with Crippen molar-refractivity contribution >= 4 is 129 Å². The van der Waals surface area contributed by atoms with Crippen LogP contribution in [-0.4, -0.2) is 244 Å². The van der Waals surface area contributed by atoms with Gasteiger partial charge >= 0.3 is 0 Å². The molecule has 8 heterocycles. The minimum Gasteiger partial charge on any atom is -0.464 e. The second-order valence-corrected chi connectivity index (χ2v) is 52.6. The number of sulfonamides is 5. The lowest BCUT2D eigenvalue weighted by Gasteiger charge is -2.36. The van der Waals surface area contributed by atoms with Crippen molar-refractivity contribution in [2.24, 2.45) is 67.4 Å². The minimum absolute atomic E-state index is 0.00267. The molecule has 4 amide bonds. The van der Waals surface area contributed by atoms with E-state index in [-0.39, 0.29) is 149 Å². The Morgan fingerprint density at radius 3 is 1.22 bits per heavy atom. The van der Waals surface area contributed by atoms with Crippen LogP contribution in [0, 0.1) is 67.1 Å². The van der Waals surface area contributed by atoms with Crippen LogP contribution in [0.15, 0.2) is 232 Å². The van der Waals surface area contributed by atoms with Gasteiger partial charge in [-0.05, 0) is 201 Å². The Balaban J connectivity index is 0.000000203. The standard InChI is InChI=1S/C30H38N4O4S.C28H43N5O6S2.C28H42N4O4S.C22H29N3O4S2/c1-22(2)18-33(19-23(3)4)30(35)28(15-24-9-7-6-8-10-24)34(20-26-17-31-21-32(26)5)39(36,37)27-11-12-29-25(16-27)13-14-38-29;1-20(2)17-32(18-21(3)4)28(34)26(11-13-33(40(8,35)36)19-24-15-22(5)30(6)29-24)31(7)41(37,38)25-9-10-27-23(16-25)12-14-39-27;1-20(2)16-26(28(33)30(18-21(3)4)19-22(5)6)32(14-13-31-12-10-23(7)29-31)37(34,35)25-8-9-27-24(17-25)11-15-36-27;1-16(2)11-24(12-17(3)4)22(26)14-25(13-19-10-23-15-30-19)31(27,28)20-5-6-21-18(9-20)7-8-29-21/h6-14,16-17,21-23,28H,15,18-20H2,1-5H3;9-10,12,14-16,20-21,26H,11,13,17-19H2,1-8H3;8-12,15,17,20-22,26H,13-14,16,18-19H2,1-7H3;5-10,15-17H,11-14H2,1-4H3/t28-;2*26-;/m000./s1. The number of imidazole rings is 1. The Kier molecular flexibility index (Phi) is 42.6. The van der Waals surface area contributed by atoms with Crippen molar-refractivity contribution in [1.29, 1.82) is 0 Å². The molecule has 808 valence electrons. The molecule has 0 radical (unpaired) electrons. The first kappa shape index (κ1) is 119. The van der Waals surface area contributed by atoms with Crippen LogP contribution in [0.4, 0.5) is 0 Å². The highest BCUT2D eigenvalue weighted by Gasteiger charge is 2.43. The predicted octanol–water partition coefficient (Wildman–Crippen LogP) is 18.0. The zero-order valence-corrected chi connectivity index (χ0v) is 95.0. The Bertz CT molecular complexity index is 7040. The van der Waals surface area contributed by atoms with Gasteiger partial charge in [-0.25, -0.2) is 47.1 Å². The third-order valence-corrected chi connectivity index (χ3v) is 33.9. The van der Waals surface area contributed by atoms with E-state index in [4.69, 9.17) is 17.7 Å². The third-order valence-electron chi connectivity index (χ3n) is 24.5. The lowest BCUT2D eigenvalue weighted by molar-refractivity contribution is -0.137. The molecule has 0 fully saturated rings. The van der Waals surface area contributed by atoms with Gasteiger partial charge in [0.05, 0.1) is 113 Å². The van der Waals surface area contributed by atoms with Gasteiger partial charge in [-0.1, -0.05) is 155 Å². The van der Waals surface area contributed by atoms with Gasteiger partial charge in [-0.15, -0.1) is 11.3 Å². The first-order chi connectivity index (χ1) is 69.6. The molecule has 0 N–H and O–H groups in total. The third kappa shape index (κ3) is 33.0. The number of carbonyl (C=O) groups is 4. The molecule has 0 saturated heterocycles. The molecule has 3 atom stereocenters. The SMILES string of the molecule is CC(C)CN(CC(C)C)C(=O)CN(Cc1cncs1)S(=O)(=O)c1ccc2occc2c1.CC(C)CN(CC(C)C)C(=O)[C@H](Cc1ccccc1)N(Cc1cncn1C)S(=O)(=O)c1ccc2occc2c1.Cc1cc(CN(CC[C@@H](C(=O)N(CC(C)C)CC(C)C)N(C)S(=O)(=O)c2ccc3occc3c2)S(C)(=O)=O)nn1C.Cc1ccn(CCN([C@@H](CC(C)C)C(=O)N(CC(C)C)CC(C)C)S(=O)(=O)c2ccc3occc3c2)n1. The number of amides is 4. The summed E-state index contributed by atoms with van der Waals surface area (Å²) in [7, 11) is -14.9. The number of rotatable bonds is 49. The maximum Gasteiger partial charge on any atom is 0.244 e. The highest BCUT2D eigenvalue weighted by Crippen LogP contribution is 2.34. The lowest BCUT2D eigenvalue weighted by atomic mass is 10.0. The van der Waals surface area contributed by atoms with Gasteiger partial charge in [0.2, 0.25) is 73.7 Å². The van der Waals surface area contributed by atoms with Gasteiger partial charge in [0.15, 0.2) is 0 Å². The molecule has 13 rings (SSSR count). The van der Waals surface area contributed by atoms with Crippen molar-refractivity contribution in [2.45, 2.75) is 222 Å². The summed E-state index contributed by atoms with van der Waals surface area (Å²) in [6, 6.07) is 36.2. The molecule has 34 nitrogen and oxygen atoms in total. The fraction of sp³-hybridized carbons (Fsp3) is 0.500. The largest absolute Gasteiger partial charge is 0.464 e. The Morgan fingerprint density at radius 1 is 0.419 bits per heavy atom. The van der Waals surface area contributed by atoms with Crippen molar-refractivity contribution in [1.82, 2.24) is 75.2 Å². The number of thiazole rings is 1. The maximum atomic E-state index is 14.4. The van der Waals surface area contributed by atoms with E-state index in [0.717, 1.165) is 32.4 Å². The predicted molar refractivity (Wildman–Crippen MR) is 580 cm³/mol. The molecule has 40 heteroatoms. The second-order valence-electron chi connectivity index (χ2n) is 42.0. The maximum absolute atomic E-state index is 14.4. The Morgan fingerprint density at radius 2 is 0.838 bits per heavy atom. The molecule has 0 aliphatic carbocycles. The number of carbonyl (C=O) groups excluding carboxylic acids is 4. The molecular formula is C108H152N16O18S6. The van der Waals surface area contributed by atoms with Gasteiger partial charge in [-0.3, -0.25) is 33.5 Å². The van der Waals surface area contributed by atoms with E-state index in [0.29, 0.717) is 121 Å².